The molecule has 3 heterocycles. The standard InChI is InChI=1S/C29H24N4O7/c1-14-23(31-15(2)26(14)40-29(37)38)11-20-19-9-6-17(10-24(19)33-27(20)35)32-28(36)22-13-30-12-21(25(22)34)16-4-7-18(39-3)8-5-16/h4-13,31H,1-3H3,(H,30,34)(H,32,36)(H,33,35)(H,37,38)/b20-11-. The summed E-state index contributed by atoms with van der Waals surface area (Å²) in [4.78, 5) is 55.8. The molecule has 0 bridgehead atoms. The first-order valence-corrected chi connectivity index (χ1v) is 12.1. The SMILES string of the molecule is COc1ccc(-c2c[nH]cc(C(=O)Nc3ccc4c(c3)NC(=O)/C4=C\c3[nH]c(C)c(OC(=O)O)c3C)c2=O)cc1. The number of amides is 2. The number of H-pyrrole nitrogens is 2. The van der Waals surface area contributed by atoms with E-state index in [1.807, 2.05) is 0 Å². The number of carboxylic acid groups (broad SMARTS) is 1. The van der Waals surface area contributed by atoms with E-state index in [1.54, 1.807) is 69.5 Å². The second-order valence-electron chi connectivity index (χ2n) is 9.05. The van der Waals surface area contributed by atoms with Gasteiger partial charge in [-0.05, 0) is 49.8 Å². The lowest BCUT2D eigenvalue weighted by Crippen LogP contribution is -2.22. The Morgan fingerprint density at radius 1 is 1.00 bits per heavy atom. The molecule has 0 spiro atoms. The van der Waals surface area contributed by atoms with Crippen molar-refractivity contribution in [3.05, 3.63) is 93.2 Å². The number of hydrogen-bond donors (Lipinski definition) is 5. The number of carbonyl (C=O) groups is 3. The van der Waals surface area contributed by atoms with Gasteiger partial charge in [0.05, 0.1) is 24.1 Å². The zero-order valence-corrected chi connectivity index (χ0v) is 21.7. The van der Waals surface area contributed by atoms with Crippen LogP contribution in [-0.4, -0.2) is 40.2 Å². The number of nitrogens with one attached hydrogen (secondary N) is 4. The van der Waals surface area contributed by atoms with Crippen molar-refractivity contribution in [3.8, 4) is 22.6 Å². The van der Waals surface area contributed by atoms with Crippen LogP contribution in [0.4, 0.5) is 16.2 Å². The van der Waals surface area contributed by atoms with E-state index in [0.29, 0.717) is 56.3 Å². The van der Waals surface area contributed by atoms with Gasteiger partial charge in [-0.15, -0.1) is 0 Å². The van der Waals surface area contributed by atoms with E-state index in [-0.39, 0.29) is 17.2 Å². The van der Waals surface area contributed by atoms with Gasteiger partial charge in [0, 0.05) is 40.5 Å². The van der Waals surface area contributed by atoms with Gasteiger partial charge in [0.2, 0.25) is 5.43 Å². The minimum Gasteiger partial charge on any atom is -0.497 e. The predicted octanol–water partition coefficient (Wildman–Crippen LogP) is 4.80. The average Bonchev–Trinajstić information content (AvgIpc) is 3.38. The predicted molar refractivity (Wildman–Crippen MR) is 149 cm³/mol. The number of fused-ring (bicyclic) bond motifs is 1. The summed E-state index contributed by atoms with van der Waals surface area (Å²) < 4.78 is 10.00. The van der Waals surface area contributed by atoms with Gasteiger partial charge in [0.15, 0.2) is 5.75 Å². The first kappa shape index (κ1) is 26.0. The summed E-state index contributed by atoms with van der Waals surface area (Å²) in [7, 11) is 1.55. The highest BCUT2D eigenvalue weighted by atomic mass is 16.7. The molecule has 0 radical (unpaired) electrons. The van der Waals surface area contributed by atoms with Crippen LogP contribution in [0.1, 0.15) is 32.9 Å². The van der Waals surface area contributed by atoms with Crippen LogP contribution >= 0.6 is 0 Å². The molecule has 11 heteroatoms. The van der Waals surface area contributed by atoms with Gasteiger partial charge in [-0.1, -0.05) is 18.2 Å². The van der Waals surface area contributed by atoms with Crippen LogP contribution in [0, 0.1) is 13.8 Å². The van der Waals surface area contributed by atoms with Crippen LogP contribution in [0.25, 0.3) is 22.8 Å². The number of methoxy groups -OCH3 is 1. The lowest BCUT2D eigenvalue weighted by Gasteiger charge is -2.09. The topological polar surface area (TPSA) is 163 Å². The summed E-state index contributed by atoms with van der Waals surface area (Å²) >= 11 is 0. The fourth-order valence-corrected chi connectivity index (χ4v) is 4.54. The normalized spacial score (nSPS) is 13.1. The molecular formula is C29H24N4O7. The van der Waals surface area contributed by atoms with Crippen molar-refractivity contribution in [1.29, 1.82) is 0 Å². The summed E-state index contributed by atoms with van der Waals surface area (Å²) in [6.07, 6.45) is 3.05. The quantitative estimate of drug-likeness (QED) is 0.173. The summed E-state index contributed by atoms with van der Waals surface area (Å²) in [5, 5.41) is 14.5. The van der Waals surface area contributed by atoms with Gasteiger partial charge in [-0.3, -0.25) is 14.4 Å². The molecule has 2 amide bonds. The molecule has 0 saturated carbocycles. The van der Waals surface area contributed by atoms with E-state index < -0.39 is 17.5 Å². The Balaban J connectivity index is 1.39. The Kier molecular flexibility index (Phi) is 6.70. The third-order valence-corrected chi connectivity index (χ3v) is 6.54. The zero-order chi connectivity index (χ0) is 28.6. The van der Waals surface area contributed by atoms with Crippen molar-refractivity contribution >= 4 is 41.0 Å². The molecule has 2 aromatic heterocycles. The lowest BCUT2D eigenvalue weighted by molar-refractivity contribution is -0.110. The molecule has 0 fully saturated rings. The van der Waals surface area contributed by atoms with Crippen molar-refractivity contribution in [2.75, 3.05) is 17.7 Å². The number of anilines is 2. The smallest absolute Gasteiger partial charge is 0.497 e. The van der Waals surface area contributed by atoms with E-state index in [0.717, 1.165) is 0 Å². The Morgan fingerprint density at radius 2 is 1.75 bits per heavy atom. The molecular weight excluding hydrogens is 516 g/mol. The highest BCUT2D eigenvalue weighted by Crippen LogP contribution is 2.37. The van der Waals surface area contributed by atoms with Crippen LogP contribution in [0.5, 0.6) is 11.5 Å². The third-order valence-electron chi connectivity index (χ3n) is 6.54. The molecule has 40 heavy (non-hydrogen) atoms. The highest BCUT2D eigenvalue weighted by Gasteiger charge is 2.26. The molecule has 1 aliphatic heterocycles. The third kappa shape index (κ3) is 4.83. The summed E-state index contributed by atoms with van der Waals surface area (Å²) in [6, 6.07) is 11.8. The molecule has 0 saturated heterocycles. The van der Waals surface area contributed by atoms with Crippen molar-refractivity contribution in [2.45, 2.75) is 13.8 Å². The second kappa shape index (κ2) is 10.3. The summed E-state index contributed by atoms with van der Waals surface area (Å²) in [6.45, 7) is 3.36. The first-order valence-electron chi connectivity index (χ1n) is 12.1. The van der Waals surface area contributed by atoms with E-state index in [1.165, 1.54) is 12.4 Å². The van der Waals surface area contributed by atoms with Gasteiger partial charge in [-0.2, -0.15) is 0 Å². The number of benzene rings is 2. The van der Waals surface area contributed by atoms with Crippen molar-refractivity contribution < 1.29 is 29.0 Å². The fraction of sp³-hybridized carbons (Fsp3) is 0.103. The molecule has 0 aliphatic carbocycles. The Labute approximate surface area is 227 Å². The van der Waals surface area contributed by atoms with E-state index in [2.05, 4.69) is 20.6 Å². The molecule has 0 atom stereocenters. The Morgan fingerprint density at radius 3 is 2.45 bits per heavy atom. The van der Waals surface area contributed by atoms with E-state index >= 15 is 0 Å². The minimum atomic E-state index is -1.43. The van der Waals surface area contributed by atoms with E-state index in [9.17, 15) is 19.2 Å². The Bertz CT molecular complexity index is 1760. The maximum atomic E-state index is 13.1. The number of hydrogen-bond acceptors (Lipinski definition) is 6. The zero-order valence-electron chi connectivity index (χ0n) is 21.7. The molecule has 2 aromatic carbocycles. The molecule has 1 aliphatic rings. The second-order valence-corrected chi connectivity index (χ2v) is 9.05. The average molecular weight is 541 g/mol. The fourth-order valence-electron chi connectivity index (χ4n) is 4.54. The molecule has 202 valence electrons. The van der Waals surface area contributed by atoms with E-state index in [4.69, 9.17) is 14.6 Å². The molecule has 11 nitrogen and oxygen atoms in total. The van der Waals surface area contributed by atoms with Gasteiger partial charge >= 0.3 is 6.16 Å². The van der Waals surface area contributed by atoms with Crippen molar-refractivity contribution in [2.24, 2.45) is 0 Å². The molecule has 5 rings (SSSR count). The van der Waals surface area contributed by atoms with Gasteiger partial charge in [0.1, 0.15) is 11.3 Å². The monoisotopic (exact) mass is 540 g/mol. The molecule has 5 N–H and O–H groups in total. The van der Waals surface area contributed by atoms with Crippen molar-refractivity contribution in [3.63, 3.8) is 0 Å². The molecule has 4 aromatic rings. The maximum absolute atomic E-state index is 13.1. The summed E-state index contributed by atoms with van der Waals surface area (Å²) in [5.74, 6) is -0.150. The maximum Gasteiger partial charge on any atom is 0.511 e. The van der Waals surface area contributed by atoms with Gasteiger partial charge in [0.25, 0.3) is 11.8 Å². The number of ether oxygens (including phenoxy) is 2. The number of aromatic amines is 2. The van der Waals surface area contributed by atoms with Crippen molar-refractivity contribution in [1.82, 2.24) is 9.97 Å². The number of rotatable bonds is 6. The van der Waals surface area contributed by atoms with Crippen LogP contribution in [0.15, 0.2) is 59.7 Å². The van der Waals surface area contributed by atoms with Crippen LogP contribution in [0.2, 0.25) is 0 Å². The summed E-state index contributed by atoms with van der Waals surface area (Å²) in [5.41, 5.74) is 3.82. The van der Waals surface area contributed by atoms with Gasteiger partial charge in [-0.25, -0.2) is 4.79 Å². The van der Waals surface area contributed by atoms with Crippen LogP contribution < -0.4 is 25.5 Å². The number of carbonyl (C=O) groups excluding carboxylic acids is 2. The lowest BCUT2D eigenvalue weighted by atomic mass is 10.0. The minimum absolute atomic E-state index is 0.0737. The van der Waals surface area contributed by atoms with Gasteiger partial charge < -0.3 is 35.2 Å². The highest BCUT2D eigenvalue weighted by molar-refractivity contribution is 6.35. The van der Waals surface area contributed by atoms with Crippen LogP contribution in [-0.2, 0) is 4.79 Å². The Hall–Kier alpha value is -5.58. The number of pyridine rings is 1. The molecule has 0 unspecified atom stereocenters. The number of aromatic nitrogens is 2. The first-order chi connectivity index (χ1) is 19.2. The largest absolute Gasteiger partial charge is 0.511 e. The number of aryl methyl sites for hydroxylation is 1. The van der Waals surface area contributed by atoms with Crippen LogP contribution in [0.3, 0.4) is 0 Å².